The second kappa shape index (κ2) is 9.64. The summed E-state index contributed by atoms with van der Waals surface area (Å²) < 4.78 is 6.40. The normalized spacial score (nSPS) is 21.6. The van der Waals surface area contributed by atoms with Gasteiger partial charge in [-0.15, -0.1) is 11.5 Å². The Balaban J connectivity index is 1.75. The van der Waals surface area contributed by atoms with Gasteiger partial charge in [0.2, 0.25) is 0 Å². The molecule has 1 fully saturated rings. The molecule has 1 aliphatic heterocycles. The topological polar surface area (TPSA) is 80.4 Å². The monoisotopic (exact) mass is 477 g/mol. The molecule has 5 nitrogen and oxygen atoms in total. The molecule has 0 aromatic carbocycles. The van der Waals surface area contributed by atoms with Gasteiger partial charge in [-0.25, -0.2) is 4.98 Å². The lowest BCUT2D eigenvalue weighted by molar-refractivity contribution is -0.0383. The van der Waals surface area contributed by atoms with E-state index < -0.39 is 14.2 Å². The van der Waals surface area contributed by atoms with Gasteiger partial charge in [-0.2, -0.15) is 0 Å². The van der Waals surface area contributed by atoms with Gasteiger partial charge in [0, 0.05) is 42.7 Å². The number of nitrogens with one attached hydrogen (secondary N) is 1. The molecule has 0 amide bonds. The van der Waals surface area contributed by atoms with Crippen LogP contribution in [0.5, 0.6) is 5.75 Å². The van der Waals surface area contributed by atoms with E-state index in [0.29, 0.717) is 23.9 Å². The van der Waals surface area contributed by atoms with Crippen molar-refractivity contribution in [3.63, 3.8) is 0 Å². The average molecular weight is 478 g/mol. The highest BCUT2D eigenvalue weighted by molar-refractivity contribution is 6.83. The molecule has 3 rings (SSSR count). The molecule has 2 heterocycles. The Labute approximate surface area is 199 Å². The van der Waals surface area contributed by atoms with Crippen LogP contribution in [0.1, 0.15) is 70.2 Å². The molecule has 178 valence electrons. The number of hydrogen-bond donors (Lipinski definition) is 3. The molecular formula is C25H40ClN3O2Si. The number of nitrogens with zero attached hydrogens (tertiary/aromatic N) is 1. The standard InChI is InChI=1S/C25H40ClN3O2Si/c1-24(2,3)14-17-13-18-20(15-25(10-8-11-25)31-22(18)23(26)29-17)28-16-21(30)19(27)9-7-12-32(4,5)6/h13,19-21,28,30H,8-11,14-16,27H2,1-6H3/t19-,20-,21+/m0/s1. The lowest BCUT2D eigenvalue weighted by Gasteiger charge is -2.48. The average Bonchev–Trinajstić information content (AvgIpc) is 2.62. The zero-order valence-electron chi connectivity index (χ0n) is 20.5. The number of pyridine rings is 1. The van der Waals surface area contributed by atoms with Crippen molar-refractivity contribution in [3.05, 3.63) is 22.5 Å². The molecule has 4 N–H and O–H groups in total. The Kier molecular flexibility index (Phi) is 7.69. The maximum absolute atomic E-state index is 10.7. The molecule has 1 spiro atoms. The summed E-state index contributed by atoms with van der Waals surface area (Å²) in [5, 5.41) is 14.7. The fraction of sp³-hybridized carbons (Fsp3) is 0.720. The number of ether oxygens (including phenoxy) is 1. The van der Waals surface area contributed by atoms with Crippen molar-refractivity contribution in [2.45, 2.75) is 103 Å². The quantitative estimate of drug-likeness (QED) is 0.316. The maximum Gasteiger partial charge on any atom is 0.171 e. The van der Waals surface area contributed by atoms with Crippen molar-refractivity contribution in [1.29, 1.82) is 0 Å². The first-order valence-corrected chi connectivity index (χ1v) is 15.7. The van der Waals surface area contributed by atoms with Crippen LogP contribution in [0.3, 0.4) is 0 Å². The number of halogens is 1. The van der Waals surface area contributed by atoms with E-state index in [0.717, 1.165) is 36.9 Å². The Hall–Kier alpha value is -1.10. The predicted octanol–water partition coefficient (Wildman–Crippen LogP) is 4.62. The minimum atomic E-state index is -1.43. The van der Waals surface area contributed by atoms with Gasteiger partial charge in [0.05, 0.1) is 6.10 Å². The smallest absolute Gasteiger partial charge is 0.171 e. The van der Waals surface area contributed by atoms with Gasteiger partial charge in [0.1, 0.15) is 13.7 Å². The molecule has 7 heteroatoms. The first kappa shape index (κ1) is 25.5. The van der Waals surface area contributed by atoms with Crippen LogP contribution >= 0.6 is 11.6 Å². The predicted molar refractivity (Wildman–Crippen MR) is 135 cm³/mol. The van der Waals surface area contributed by atoms with E-state index in [2.05, 4.69) is 68.2 Å². The summed E-state index contributed by atoms with van der Waals surface area (Å²) in [7, 11) is -1.43. The van der Waals surface area contributed by atoms with Crippen molar-refractivity contribution in [1.82, 2.24) is 10.3 Å². The molecule has 0 bridgehead atoms. The maximum atomic E-state index is 10.7. The van der Waals surface area contributed by atoms with Crippen LogP contribution in [0.4, 0.5) is 0 Å². The van der Waals surface area contributed by atoms with Gasteiger partial charge in [-0.1, -0.05) is 52.0 Å². The van der Waals surface area contributed by atoms with Gasteiger partial charge in [0.15, 0.2) is 10.9 Å². The van der Waals surface area contributed by atoms with Gasteiger partial charge < -0.3 is 20.9 Å². The summed E-state index contributed by atoms with van der Waals surface area (Å²) in [5.41, 5.74) is 11.5. The van der Waals surface area contributed by atoms with E-state index in [1.54, 1.807) is 0 Å². The first-order chi connectivity index (χ1) is 14.8. The largest absolute Gasteiger partial charge is 0.484 e. The number of hydrogen-bond acceptors (Lipinski definition) is 5. The van der Waals surface area contributed by atoms with Gasteiger partial charge in [-0.3, -0.25) is 0 Å². The summed E-state index contributed by atoms with van der Waals surface area (Å²) >= 11 is 6.61. The second-order valence-corrected chi connectivity index (χ2v) is 17.0. The minimum absolute atomic E-state index is 0.0492. The minimum Gasteiger partial charge on any atom is -0.484 e. The molecule has 1 aromatic heterocycles. The van der Waals surface area contributed by atoms with Crippen molar-refractivity contribution in [2.24, 2.45) is 11.1 Å². The van der Waals surface area contributed by atoms with Gasteiger partial charge in [0.25, 0.3) is 0 Å². The van der Waals surface area contributed by atoms with Gasteiger partial charge in [-0.05, 0) is 37.2 Å². The van der Waals surface area contributed by atoms with Crippen LogP contribution < -0.4 is 15.8 Å². The SMILES string of the molecule is CC(C)(C)Cc1cc2c(c(Cl)n1)OC1(CCC1)C[C@@H]2NC[C@@H](O)[C@@H](N)CC#C[Si](C)(C)C. The van der Waals surface area contributed by atoms with E-state index >= 15 is 0 Å². The first-order valence-electron chi connectivity index (χ1n) is 11.8. The molecule has 1 saturated carbocycles. The third-order valence-electron chi connectivity index (χ3n) is 6.13. The van der Waals surface area contributed by atoms with Crippen molar-refractivity contribution < 1.29 is 9.84 Å². The van der Waals surface area contributed by atoms with Crippen molar-refractivity contribution >= 4 is 19.7 Å². The van der Waals surface area contributed by atoms with Crippen LogP contribution in [0.15, 0.2) is 6.07 Å². The number of aliphatic hydroxyl groups excluding tert-OH is 1. The summed E-state index contributed by atoms with van der Waals surface area (Å²) in [5.74, 6) is 3.88. The summed E-state index contributed by atoms with van der Waals surface area (Å²) in [6, 6.07) is 1.80. The van der Waals surface area contributed by atoms with E-state index in [-0.39, 0.29) is 23.1 Å². The lowest BCUT2D eigenvalue weighted by atomic mass is 9.73. The van der Waals surface area contributed by atoms with E-state index in [9.17, 15) is 5.11 Å². The zero-order chi connectivity index (χ0) is 23.7. The molecular weight excluding hydrogens is 438 g/mol. The third kappa shape index (κ3) is 6.71. The summed E-state index contributed by atoms with van der Waals surface area (Å²) in [4.78, 5) is 4.64. The number of aromatic nitrogens is 1. The molecule has 1 aliphatic carbocycles. The molecule has 32 heavy (non-hydrogen) atoms. The molecule has 3 atom stereocenters. The Morgan fingerprint density at radius 1 is 1.38 bits per heavy atom. The number of rotatable bonds is 6. The van der Waals surface area contributed by atoms with Crippen LogP contribution in [0.2, 0.25) is 24.8 Å². The number of nitrogens with two attached hydrogens (primary N) is 1. The highest BCUT2D eigenvalue weighted by atomic mass is 35.5. The van der Waals surface area contributed by atoms with Crippen molar-refractivity contribution in [2.75, 3.05) is 6.54 Å². The molecule has 0 unspecified atom stereocenters. The Bertz CT molecular complexity index is 878. The van der Waals surface area contributed by atoms with E-state index in [1.165, 1.54) is 6.42 Å². The van der Waals surface area contributed by atoms with Crippen molar-refractivity contribution in [3.8, 4) is 17.2 Å². The second-order valence-electron chi connectivity index (χ2n) is 11.9. The third-order valence-corrected chi connectivity index (χ3v) is 7.31. The van der Waals surface area contributed by atoms with E-state index in [4.69, 9.17) is 22.1 Å². The zero-order valence-corrected chi connectivity index (χ0v) is 22.3. The summed E-state index contributed by atoms with van der Waals surface area (Å²) in [6.07, 6.45) is 4.76. The van der Waals surface area contributed by atoms with E-state index in [1.807, 2.05) is 0 Å². The Morgan fingerprint density at radius 2 is 2.06 bits per heavy atom. The lowest BCUT2D eigenvalue weighted by Crippen LogP contribution is -2.51. The van der Waals surface area contributed by atoms with Crippen LogP contribution in [0, 0.1) is 16.9 Å². The molecule has 0 saturated heterocycles. The van der Waals surface area contributed by atoms with Crippen LogP contribution in [-0.4, -0.2) is 42.5 Å². The fourth-order valence-corrected chi connectivity index (χ4v) is 5.24. The molecule has 0 radical (unpaired) electrons. The van der Waals surface area contributed by atoms with Crippen LogP contribution in [0.25, 0.3) is 0 Å². The van der Waals surface area contributed by atoms with Crippen LogP contribution in [-0.2, 0) is 6.42 Å². The molecule has 1 aromatic rings. The fourth-order valence-electron chi connectivity index (χ4n) is 4.35. The molecule has 2 aliphatic rings. The number of fused-ring (bicyclic) bond motifs is 1. The highest BCUT2D eigenvalue weighted by Crippen LogP contribution is 2.50. The highest BCUT2D eigenvalue weighted by Gasteiger charge is 2.46. The Morgan fingerprint density at radius 3 is 2.62 bits per heavy atom. The summed E-state index contributed by atoms with van der Waals surface area (Å²) in [6.45, 7) is 13.6. The number of aliphatic hydroxyl groups is 1. The van der Waals surface area contributed by atoms with Gasteiger partial charge >= 0.3 is 0 Å².